The Labute approximate surface area is 275 Å². The summed E-state index contributed by atoms with van der Waals surface area (Å²) in [4.78, 5) is 50.6. The molecule has 0 saturated carbocycles. The summed E-state index contributed by atoms with van der Waals surface area (Å²) in [7, 11) is 0. The summed E-state index contributed by atoms with van der Waals surface area (Å²) < 4.78 is 5.57. The molecule has 1 unspecified atom stereocenters. The molecule has 238 valence electrons. The lowest BCUT2D eigenvalue weighted by Crippen LogP contribution is -2.57. The number of aliphatic hydroxyl groups is 1. The normalized spacial score (nSPS) is 17.3. The van der Waals surface area contributed by atoms with E-state index in [-0.39, 0.29) is 31.0 Å². The van der Waals surface area contributed by atoms with E-state index >= 15 is 0 Å². The second-order valence-corrected chi connectivity index (χ2v) is 12.8. The van der Waals surface area contributed by atoms with Crippen molar-refractivity contribution in [3.8, 4) is 5.75 Å². The van der Waals surface area contributed by atoms with E-state index in [1.54, 1.807) is 79.4 Å². The number of anilines is 1. The molecule has 0 aliphatic carbocycles. The number of amides is 3. The van der Waals surface area contributed by atoms with Gasteiger partial charge in [-0.1, -0.05) is 61.3 Å². The number of nitrogens with one attached hydrogen (secondary N) is 2. The van der Waals surface area contributed by atoms with Gasteiger partial charge in [-0.2, -0.15) is 0 Å². The molecule has 4 atom stereocenters. The molecule has 3 aromatic carbocycles. The second kappa shape index (κ2) is 15.5. The number of rotatable bonds is 14. The van der Waals surface area contributed by atoms with E-state index in [1.807, 2.05) is 12.1 Å². The Kier molecular flexibility index (Phi) is 11.7. The highest BCUT2D eigenvalue weighted by atomic mass is 35.5. The monoisotopic (exact) mass is 673 g/mol. The molecule has 0 bridgehead atoms. The molecule has 0 aromatic heterocycles. The van der Waals surface area contributed by atoms with Gasteiger partial charge in [-0.05, 0) is 65.6 Å². The summed E-state index contributed by atoms with van der Waals surface area (Å²) >= 11 is 13.4. The van der Waals surface area contributed by atoms with E-state index in [9.17, 15) is 29.4 Å². The lowest BCUT2D eigenvalue weighted by atomic mass is 9.92. The fraction of sp³-hybridized carbons (Fsp3) is 0.312. The molecule has 45 heavy (non-hydrogen) atoms. The van der Waals surface area contributed by atoms with Crippen LogP contribution in [0.2, 0.25) is 10.0 Å². The number of halogens is 2. The van der Waals surface area contributed by atoms with Gasteiger partial charge < -0.3 is 30.5 Å². The van der Waals surface area contributed by atoms with Gasteiger partial charge in [0.15, 0.2) is 6.61 Å². The summed E-state index contributed by atoms with van der Waals surface area (Å²) in [6.45, 7) is 2.58. The maximum atomic E-state index is 13.4. The van der Waals surface area contributed by atoms with Gasteiger partial charge in [-0.3, -0.25) is 14.4 Å². The van der Waals surface area contributed by atoms with Crippen LogP contribution in [0.25, 0.3) is 0 Å². The van der Waals surface area contributed by atoms with Crippen molar-refractivity contribution < 1.29 is 34.1 Å². The van der Waals surface area contributed by atoms with E-state index in [2.05, 4.69) is 10.6 Å². The molecular formula is C32H33Cl2N3O7S. The number of hydrogen-bond acceptors (Lipinski definition) is 7. The van der Waals surface area contributed by atoms with Gasteiger partial charge in [-0.25, -0.2) is 4.79 Å². The number of carbonyl (C=O) groups excluding carboxylic acids is 3. The van der Waals surface area contributed by atoms with Crippen LogP contribution >= 0.6 is 35.0 Å². The molecule has 1 saturated heterocycles. The number of hydrogen-bond donors (Lipinski definition) is 4. The molecule has 3 amide bonds. The summed E-state index contributed by atoms with van der Waals surface area (Å²) in [5.41, 5.74) is 2.22. The Bertz CT molecular complexity index is 1500. The van der Waals surface area contributed by atoms with Crippen molar-refractivity contribution in [1.82, 2.24) is 10.6 Å². The van der Waals surface area contributed by atoms with Crippen molar-refractivity contribution in [2.75, 3.05) is 23.8 Å². The Balaban J connectivity index is 1.37. The van der Waals surface area contributed by atoms with Crippen LogP contribution in [0, 0.1) is 5.92 Å². The number of ether oxygens (including phenoxy) is 1. The van der Waals surface area contributed by atoms with Crippen LogP contribution in [0.3, 0.4) is 0 Å². The number of carboxylic acids is 1. The highest BCUT2D eigenvalue weighted by molar-refractivity contribution is 8.00. The van der Waals surface area contributed by atoms with Crippen molar-refractivity contribution in [3.63, 3.8) is 0 Å². The standard InChI is InChI=1S/C32H33Cl2N3O7S/c1-18(2)28(32(42)43)36-26(39)15-35-27(40)16-44-24-13-5-20(6-14-24)29-30(31(41)37(29)23-11-9-22(34)10-12-23)45-17-25(38)19-3-7-21(33)8-4-19/h3-14,18,25,28-30,38H,15-17H2,1-2H3,(H,35,40)(H,36,39)(H,42,43)/t25?,28-,29-,30-/m1/s1. The first-order chi connectivity index (χ1) is 21.4. The van der Waals surface area contributed by atoms with Gasteiger partial charge in [-0.15, -0.1) is 11.8 Å². The minimum absolute atomic E-state index is 0.0975. The van der Waals surface area contributed by atoms with Crippen LogP contribution in [-0.2, 0) is 19.2 Å². The predicted octanol–water partition coefficient (Wildman–Crippen LogP) is 4.64. The number of carboxylic acid groups (broad SMARTS) is 1. The average Bonchev–Trinajstić information content (AvgIpc) is 3.01. The SMILES string of the molecule is CC(C)[C@@H](NC(=O)CNC(=O)COc1ccc([C@@H]2[C@@H](SCC(O)c3ccc(Cl)cc3)C(=O)N2c2ccc(Cl)cc2)cc1)C(=O)O. The van der Waals surface area contributed by atoms with Crippen molar-refractivity contribution in [2.45, 2.75) is 37.3 Å². The zero-order valence-corrected chi connectivity index (χ0v) is 26.8. The van der Waals surface area contributed by atoms with E-state index in [1.165, 1.54) is 11.8 Å². The van der Waals surface area contributed by atoms with Crippen molar-refractivity contribution in [1.29, 1.82) is 0 Å². The van der Waals surface area contributed by atoms with Gasteiger partial charge in [0.1, 0.15) is 17.0 Å². The Morgan fingerprint density at radius 3 is 2.11 bits per heavy atom. The molecule has 1 fully saturated rings. The molecule has 10 nitrogen and oxygen atoms in total. The number of aliphatic hydroxyl groups excluding tert-OH is 1. The molecule has 1 aliphatic rings. The second-order valence-electron chi connectivity index (χ2n) is 10.7. The zero-order valence-electron chi connectivity index (χ0n) is 24.5. The highest BCUT2D eigenvalue weighted by Crippen LogP contribution is 2.46. The lowest BCUT2D eigenvalue weighted by Gasteiger charge is -2.47. The first kappa shape index (κ1) is 34.1. The third-order valence-corrected chi connectivity index (χ3v) is 8.96. The molecule has 13 heteroatoms. The van der Waals surface area contributed by atoms with E-state index in [4.69, 9.17) is 27.9 Å². The number of β-lactam (4-membered cyclic amide) rings is 1. The van der Waals surface area contributed by atoms with Crippen LogP contribution in [0.15, 0.2) is 72.8 Å². The first-order valence-electron chi connectivity index (χ1n) is 14.1. The smallest absolute Gasteiger partial charge is 0.326 e. The summed E-state index contributed by atoms with van der Waals surface area (Å²) in [5, 5.41) is 25.4. The maximum Gasteiger partial charge on any atom is 0.326 e. The van der Waals surface area contributed by atoms with Crippen LogP contribution in [0.4, 0.5) is 5.69 Å². The number of aliphatic carboxylic acids is 1. The van der Waals surface area contributed by atoms with Gasteiger partial charge in [0.2, 0.25) is 11.8 Å². The molecule has 1 aliphatic heterocycles. The third-order valence-electron chi connectivity index (χ3n) is 7.13. The van der Waals surface area contributed by atoms with Crippen molar-refractivity contribution in [3.05, 3.63) is 94.0 Å². The fourth-order valence-corrected chi connectivity index (χ4v) is 6.24. The molecule has 4 N–H and O–H groups in total. The number of carbonyl (C=O) groups is 4. The van der Waals surface area contributed by atoms with Crippen LogP contribution in [0.1, 0.15) is 37.1 Å². The summed E-state index contributed by atoms with van der Waals surface area (Å²) in [6, 6.07) is 19.5. The lowest BCUT2D eigenvalue weighted by molar-refractivity contribution is -0.143. The largest absolute Gasteiger partial charge is 0.484 e. The predicted molar refractivity (Wildman–Crippen MR) is 174 cm³/mol. The average molecular weight is 675 g/mol. The molecule has 4 rings (SSSR count). The first-order valence-corrected chi connectivity index (χ1v) is 15.9. The Hall–Kier alpha value is -3.77. The molecular weight excluding hydrogens is 641 g/mol. The van der Waals surface area contributed by atoms with Crippen LogP contribution < -0.4 is 20.3 Å². The number of benzene rings is 3. The molecule has 0 radical (unpaired) electrons. The molecule has 3 aromatic rings. The third kappa shape index (κ3) is 8.91. The van der Waals surface area contributed by atoms with Gasteiger partial charge in [0.25, 0.3) is 5.91 Å². The summed E-state index contributed by atoms with van der Waals surface area (Å²) in [6.07, 6.45) is -0.785. The van der Waals surface area contributed by atoms with Gasteiger partial charge >= 0.3 is 5.97 Å². The molecule has 0 spiro atoms. The molecule has 1 heterocycles. The fourth-order valence-electron chi connectivity index (χ4n) is 4.69. The van der Waals surface area contributed by atoms with Crippen LogP contribution in [0.5, 0.6) is 5.75 Å². The Morgan fingerprint density at radius 2 is 1.53 bits per heavy atom. The quantitative estimate of drug-likeness (QED) is 0.181. The van der Waals surface area contributed by atoms with E-state index < -0.39 is 35.2 Å². The zero-order chi connectivity index (χ0) is 32.7. The van der Waals surface area contributed by atoms with Crippen molar-refractivity contribution >= 4 is 64.3 Å². The topological polar surface area (TPSA) is 145 Å². The highest BCUT2D eigenvalue weighted by Gasteiger charge is 2.49. The van der Waals surface area contributed by atoms with Crippen molar-refractivity contribution in [2.24, 2.45) is 5.92 Å². The Morgan fingerprint density at radius 1 is 0.933 bits per heavy atom. The van der Waals surface area contributed by atoms with Crippen LogP contribution in [-0.4, -0.2) is 64.1 Å². The van der Waals surface area contributed by atoms with Gasteiger partial charge in [0.05, 0.1) is 18.7 Å². The minimum Gasteiger partial charge on any atom is -0.484 e. The summed E-state index contributed by atoms with van der Waals surface area (Å²) in [5.74, 6) is -2.05. The minimum atomic E-state index is -1.15. The van der Waals surface area contributed by atoms with E-state index in [0.29, 0.717) is 32.8 Å². The maximum absolute atomic E-state index is 13.4. The number of thioether (sulfide) groups is 1. The van der Waals surface area contributed by atoms with Gasteiger partial charge in [0, 0.05) is 21.5 Å². The van der Waals surface area contributed by atoms with E-state index in [0.717, 1.165) is 5.56 Å². The number of nitrogens with zero attached hydrogens (tertiary/aromatic N) is 1.